The minimum atomic E-state index is -0.294. The molecule has 0 saturated carbocycles. The Morgan fingerprint density at radius 1 is 1.29 bits per heavy atom. The van der Waals surface area contributed by atoms with Gasteiger partial charge in [0, 0.05) is 36.9 Å². The van der Waals surface area contributed by atoms with Crippen LogP contribution in [0.3, 0.4) is 0 Å². The summed E-state index contributed by atoms with van der Waals surface area (Å²) in [5.41, 5.74) is 0.376. The molecule has 0 aliphatic carbocycles. The molecule has 0 bridgehead atoms. The summed E-state index contributed by atoms with van der Waals surface area (Å²) >= 11 is 0. The van der Waals surface area contributed by atoms with Crippen molar-refractivity contribution in [2.24, 2.45) is 0 Å². The molecule has 7 nitrogen and oxygen atoms in total. The predicted octanol–water partition coefficient (Wildman–Crippen LogP) is 0.700. The predicted molar refractivity (Wildman–Crippen MR) is 80.6 cm³/mol. The molecule has 2 aromatic rings. The third-order valence-electron chi connectivity index (χ3n) is 2.90. The van der Waals surface area contributed by atoms with Crippen LogP contribution in [0, 0.1) is 6.92 Å². The second-order valence-electron chi connectivity index (χ2n) is 4.79. The summed E-state index contributed by atoms with van der Waals surface area (Å²) in [6.45, 7) is 4.85. The maximum Gasteiger partial charge on any atom is 0.265 e. The van der Waals surface area contributed by atoms with Crippen LogP contribution < -0.4 is 16.4 Å². The van der Waals surface area contributed by atoms with E-state index >= 15 is 0 Å². The molecule has 0 radical (unpaired) electrons. The summed E-state index contributed by atoms with van der Waals surface area (Å²) in [4.78, 5) is 31.5. The Labute approximate surface area is 122 Å². The van der Waals surface area contributed by atoms with E-state index in [0.29, 0.717) is 13.1 Å². The van der Waals surface area contributed by atoms with E-state index in [9.17, 15) is 9.59 Å². The summed E-state index contributed by atoms with van der Waals surface area (Å²) in [5, 5.41) is 5.63. The van der Waals surface area contributed by atoms with Crippen molar-refractivity contribution < 1.29 is 0 Å². The summed E-state index contributed by atoms with van der Waals surface area (Å²) in [7, 11) is 0. The average Bonchev–Trinajstić information content (AvgIpc) is 2.42. The first-order valence-corrected chi connectivity index (χ1v) is 6.97. The van der Waals surface area contributed by atoms with E-state index in [1.165, 1.54) is 16.8 Å². The second-order valence-corrected chi connectivity index (χ2v) is 4.79. The molecule has 0 atom stereocenters. The SMILES string of the molecule is CCCc1nc(C)cc(NCCn2[nH]c(=O)ccc2=O)n1. The number of rotatable bonds is 6. The zero-order chi connectivity index (χ0) is 15.2. The van der Waals surface area contributed by atoms with E-state index in [2.05, 4.69) is 27.3 Å². The van der Waals surface area contributed by atoms with E-state index in [-0.39, 0.29) is 11.1 Å². The highest BCUT2D eigenvalue weighted by Crippen LogP contribution is 2.07. The van der Waals surface area contributed by atoms with Crippen LogP contribution in [0.2, 0.25) is 0 Å². The molecule has 7 heteroatoms. The van der Waals surface area contributed by atoms with E-state index in [4.69, 9.17) is 0 Å². The molecule has 0 aliphatic rings. The highest BCUT2D eigenvalue weighted by molar-refractivity contribution is 5.35. The van der Waals surface area contributed by atoms with Crippen LogP contribution in [-0.4, -0.2) is 26.3 Å². The number of nitrogens with zero attached hydrogens (tertiary/aromatic N) is 3. The highest BCUT2D eigenvalue weighted by atomic mass is 16.1. The monoisotopic (exact) mass is 289 g/mol. The summed E-state index contributed by atoms with van der Waals surface area (Å²) in [5.74, 6) is 1.54. The lowest BCUT2D eigenvalue weighted by molar-refractivity contribution is 0.587. The summed E-state index contributed by atoms with van der Waals surface area (Å²) in [6.07, 6.45) is 1.82. The van der Waals surface area contributed by atoms with E-state index in [1.54, 1.807) is 0 Å². The Kier molecular flexibility index (Phi) is 4.86. The minimum Gasteiger partial charge on any atom is -0.368 e. The molecule has 2 aromatic heterocycles. The van der Waals surface area contributed by atoms with Gasteiger partial charge in [0.15, 0.2) is 0 Å². The molecule has 0 spiro atoms. The van der Waals surface area contributed by atoms with Crippen molar-refractivity contribution in [1.29, 1.82) is 0 Å². The third-order valence-corrected chi connectivity index (χ3v) is 2.90. The zero-order valence-electron chi connectivity index (χ0n) is 12.2. The van der Waals surface area contributed by atoms with E-state index < -0.39 is 0 Å². The molecule has 2 N–H and O–H groups in total. The topological polar surface area (TPSA) is 92.7 Å². The molecular formula is C14H19N5O2. The van der Waals surface area contributed by atoms with Crippen LogP contribution in [0.15, 0.2) is 27.8 Å². The number of aryl methyl sites for hydroxylation is 2. The van der Waals surface area contributed by atoms with Crippen LogP contribution >= 0.6 is 0 Å². The van der Waals surface area contributed by atoms with Gasteiger partial charge in [-0.3, -0.25) is 14.7 Å². The lowest BCUT2D eigenvalue weighted by Gasteiger charge is -2.09. The van der Waals surface area contributed by atoms with Gasteiger partial charge in [-0.25, -0.2) is 14.6 Å². The molecule has 0 amide bonds. The number of nitrogens with one attached hydrogen (secondary N) is 2. The number of aromatic amines is 1. The van der Waals surface area contributed by atoms with Gasteiger partial charge in [0.1, 0.15) is 11.6 Å². The molecule has 0 aliphatic heterocycles. The lowest BCUT2D eigenvalue weighted by atomic mass is 10.3. The van der Waals surface area contributed by atoms with Crippen molar-refractivity contribution >= 4 is 5.82 Å². The second kappa shape index (κ2) is 6.83. The van der Waals surface area contributed by atoms with Crippen molar-refractivity contribution in [3.8, 4) is 0 Å². The Hall–Kier alpha value is -2.44. The van der Waals surface area contributed by atoms with Crippen molar-refractivity contribution in [3.63, 3.8) is 0 Å². The fourth-order valence-electron chi connectivity index (χ4n) is 1.98. The Morgan fingerprint density at radius 3 is 2.86 bits per heavy atom. The van der Waals surface area contributed by atoms with Crippen LogP contribution in [0.4, 0.5) is 5.82 Å². The van der Waals surface area contributed by atoms with Crippen molar-refractivity contribution in [1.82, 2.24) is 19.7 Å². The Balaban J connectivity index is 2.01. The number of aromatic nitrogens is 4. The van der Waals surface area contributed by atoms with Crippen LogP contribution in [0.5, 0.6) is 0 Å². The van der Waals surface area contributed by atoms with Crippen LogP contribution in [-0.2, 0) is 13.0 Å². The lowest BCUT2D eigenvalue weighted by Crippen LogP contribution is -2.30. The Morgan fingerprint density at radius 2 is 2.10 bits per heavy atom. The number of hydrogen-bond donors (Lipinski definition) is 2. The van der Waals surface area contributed by atoms with Gasteiger partial charge in [0.25, 0.3) is 11.1 Å². The standard InChI is InChI=1S/C14H19N5O2/c1-3-4-11-16-10(2)9-12(17-11)15-7-8-19-14(21)6-5-13(20)18-19/h5-6,9H,3-4,7-8H2,1-2H3,(H,18,20)(H,15,16,17). The van der Waals surface area contributed by atoms with Gasteiger partial charge in [-0.1, -0.05) is 6.92 Å². The molecular weight excluding hydrogens is 270 g/mol. The van der Waals surface area contributed by atoms with Crippen molar-refractivity contribution in [3.05, 3.63) is 50.4 Å². The molecule has 21 heavy (non-hydrogen) atoms. The molecule has 0 unspecified atom stereocenters. The van der Waals surface area contributed by atoms with Crippen LogP contribution in [0.25, 0.3) is 0 Å². The number of hydrogen-bond acceptors (Lipinski definition) is 5. The highest BCUT2D eigenvalue weighted by Gasteiger charge is 2.02. The number of H-pyrrole nitrogens is 1. The fraction of sp³-hybridized carbons (Fsp3) is 0.429. The smallest absolute Gasteiger partial charge is 0.265 e. The fourth-order valence-corrected chi connectivity index (χ4v) is 1.98. The van der Waals surface area contributed by atoms with E-state index in [0.717, 1.165) is 30.2 Å². The third kappa shape index (κ3) is 4.27. The van der Waals surface area contributed by atoms with Crippen LogP contribution in [0.1, 0.15) is 24.9 Å². The molecule has 0 aromatic carbocycles. The first-order valence-electron chi connectivity index (χ1n) is 6.97. The molecule has 0 fully saturated rings. The van der Waals surface area contributed by atoms with Gasteiger partial charge < -0.3 is 5.32 Å². The molecule has 112 valence electrons. The quantitative estimate of drug-likeness (QED) is 0.816. The van der Waals surface area contributed by atoms with E-state index in [1.807, 2.05) is 13.0 Å². The maximum atomic E-state index is 11.5. The van der Waals surface area contributed by atoms with Gasteiger partial charge in [0.05, 0.1) is 6.54 Å². The molecule has 2 rings (SSSR count). The van der Waals surface area contributed by atoms with Gasteiger partial charge >= 0.3 is 0 Å². The molecule has 2 heterocycles. The molecule has 0 saturated heterocycles. The van der Waals surface area contributed by atoms with Gasteiger partial charge in [-0.2, -0.15) is 0 Å². The normalized spacial score (nSPS) is 10.6. The zero-order valence-corrected chi connectivity index (χ0v) is 12.2. The number of anilines is 1. The average molecular weight is 289 g/mol. The van der Waals surface area contributed by atoms with Crippen molar-refractivity contribution in [2.75, 3.05) is 11.9 Å². The van der Waals surface area contributed by atoms with Gasteiger partial charge in [-0.15, -0.1) is 0 Å². The Bertz CT molecular complexity index is 720. The minimum absolute atomic E-state index is 0.234. The maximum absolute atomic E-state index is 11.5. The first-order chi connectivity index (χ1) is 10.1. The van der Waals surface area contributed by atoms with Gasteiger partial charge in [0.2, 0.25) is 0 Å². The van der Waals surface area contributed by atoms with Crippen molar-refractivity contribution in [2.45, 2.75) is 33.2 Å². The first kappa shape index (κ1) is 15.0. The summed E-state index contributed by atoms with van der Waals surface area (Å²) < 4.78 is 1.27. The summed E-state index contributed by atoms with van der Waals surface area (Å²) in [6, 6.07) is 4.33. The van der Waals surface area contributed by atoms with Gasteiger partial charge in [-0.05, 0) is 13.3 Å². The largest absolute Gasteiger partial charge is 0.368 e.